The Labute approximate surface area is 107 Å². The van der Waals surface area contributed by atoms with Gasteiger partial charge in [0.05, 0.1) is 12.2 Å². The van der Waals surface area contributed by atoms with Crippen molar-refractivity contribution in [2.75, 3.05) is 13.1 Å². The van der Waals surface area contributed by atoms with E-state index in [-0.39, 0.29) is 22.9 Å². The van der Waals surface area contributed by atoms with Gasteiger partial charge in [-0.15, -0.1) is 0 Å². The molecule has 2 rings (SSSR count). The van der Waals surface area contributed by atoms with Crippen LogP contribution in [-0.2, 0) is 14.8 Å². The Morgan fingerprint density at radius 3 is 2.33 bits per heavy atom. The van der Waals surface area contributed by atoms with Crippen LogP contribution < -0.4 is 0 Å². The average Bonchev–Trinajstić information content (AvgIpc) is 2.28. The molecule has 5 nitrogen and oxygen atoms in total. The van der Waals surface area contributed by atoms with Crippen molar-refractivity contribution >= 4 is 10.0 Å². The molecule has 1 N–H and O–H groups in total. The van der Waals surface area contributed by atoms with Gasteiger partial charge in [0.25, 0.3) is 0 Å². The van der Waals surface area contributed by atoms with Crippen molar-refractivity contribution in [3.63, 3.8) is 0 Å². The molecule has 0 unspecified atom stereocenters. The number of rotatable bonds is 2. The number of nitrogens with zero attached hydrogens (tertiary/aromatic N) is 1. The van der Waals surface area contributed by atoms with Crippen molar-refractivity contribution in [3.8, 4) is 5.75 Å². The van der Waals surface area contributed by atoms with E-state index in [2.05, 4.69) is 0 Å². The second-order valence-corrected chi connectivity index (χ2v) is 6.45. The minimum atomic E-state index is -3.66. The minimum absolute atomic E-state index is 0.0497. The predicted octanol–water partition coefficient (Wildman–Crippen LogP) is 1.19. The highest BCUT2D eigenvalue weighted by molar-refractivity contribution is 7.89. The van der Waals surface area contributed by atoms with E-state index in [4.69, 9.17) is 4.74 Å². The van der Waals surface area contributed by atoms with Crippen LogP contribution in [0.25, 0.3) is 0 Å². The molecule has 1 aliphatic heterocycles. The molecule has 0 aromatic heterocycles. The van der Waals surface area contributed by atoms with E-state index in [0.717, 1.165) is 0 Å². The van der Waals surface area contributed by atoms with Gasteiger partial charge in [-0.3, -0.25) is 0 Å². The number of hydrogen-bond acceptors (Lipinski definition) is 4. The molecule has 1 aromatic carbocycles. The van der Waals surface area contributed by atoms with Crippen LogP contribution in [0.5, 0.6) is 5.75 Å². The van der Waals surface area contributed by atoms with Crippen LogP contribution in [-0.4, -0.2) is 43.1 Å². The van der Waals surface area contributed by atoms with Crippen LogP contribution in [0.2, 0.25) is 0 Å². The van der Waals surface area contributed by atoms with Crippen LogP contribution >= 0.6 is 0 Å². The van der Waals surface area contributed by atoms with Gasteiger partial charge in [0.15, 0.2) is 0 Å². The molecule has 0 radical (unpaired) electrons. The maximum atomic E-state index is 12.4. The Bertz CT molecular complexity index is 519. The van der Waals surface area contributed by atoms with Crippen molar-refractivity contribution in [1.29, 1.82) is 0 Å². The molecule has 100 valence electrons. The van der Waals surface area contributed by atoms with E-state index in [1.807, 2.05) is 13.8 Å². The zero-order valence-electron chi connectivity index (χ0n) is 10.4. The third kappa shape index (κ3) is 2.50. The zero-order valence-corrected chi connectivity index (χ0v) is 11.2. The highest BCUT2D eigenvalue weighted by atomic mass is 32.2. The molecular formula is C12H17NO4S. The molecule has 6 heteroatoms. The molecule has 18 heavy (non-hydrogen) atoms. The van der Waals surface area contributed by atoms with Gasteiger partial charge in [-0.2, -0.15) is 4.31 Å². The van der Waals surface area contributed by atoms with E-state index >= 15 is 0 Å². The average molecular weight is 271 g/mol. The molecular weight excluding hydrogens is 254 g/mol. The van der Waals surface area contributed by atoms with Crippen molar-refractivity contribution in [2.24, 2.45) is 0 Å². The lowest BCUT2D eigenvalue weighted by Crippen LogP contribution is -2.48. The molecule has 2 atom stereocenters. The summed E-state index contributed by atoms with van der Waals surface area (Å²) in [6.45, 7) is 4.29. The van der Waals surface area contributed by atoms with Crippen molar-refractivity contribution < 1.29 is 18.3 Å². The molecule has 1 saturated heterocycles. The first-order valence-electron chi connectivity index (χ1n) is 5.85. The summed E-state index contributed by atoms with van der Waals surface area (Å²) in [7, 11) is -3.66. The molecule has 1 fully saturated rings. The zero-order chi connectivity index (χ0) is 13.3. The van der Waals surface area contributed by atoms with Gasteiger partial charge in [0, 0.05) is 13.1 Å². The second-order valence-electron chi connectivity index (χ2n) is 4.55. The monoisotopic (exact) mass is 271 g/mol. The van der Waals surface area contributed by atoms with Gasteiger partial charge in [-0.05, 0) is 26.0 Å². The summed E-state index contributed by atoms with van der Waals surface area (Å²) in [5.41, 5.74) is 0. The summed E-state index contributed by atoms with van der Waals surface area (Å²) < 4.78 is 31.7. The van der Waals surface area contributed by atoms with Crippen LogP contribution in [0, 0.1) is 0 Å². The lowest BCUT2D eigenvalue weighted by molar-refractivity contribution is -0.0441. The number of benzene rings is 1. The maximum absolute atomic E-state index is 12.4. The first-order valence-corrected chi connectivity index (χ1v) is 7.29. The highest BCUT2D eigenvalue weighted by Crippen LogP contribution is 2.27. The van der Waals surface area contributed by atoms with Crippen LogP contribution in [0.4, 0.5) is 0 Å². The number of ether oxygens (including phenoxy) is 1. The fraction of sp³-hybridized carbons (Fsp3) is 0.500. The summed E-state index contributed by atoms with van der Waals surface area (Å²) in [6, 6.07) is 5.98. The summed E-state index contributed by atoms with van der Waals surface area (Å²) in [6.07, 6.45) is -0.288. The fourth-order valence-corrected chi connectivity index (χ4v) is 3.81. The minimum Gasteiger partial charge on any atom is -0.507 e. The maximum Gasteiger partial charge on any atom is 0.246 e. The summed E-state index contributed by atoms with van der Waals surface area (Å²) in [4.78, 5) is -0.0497. The van der Waals surface area contributed by atoms with Crippen molar-refractivity contribution in [2.45, 2.75) is 31.0 Å². The molecule has 1 aliphatic rings. The molecule has 0 amide bonds. The lowest BCUT2D eigenvalue weighted by atomic mass is 10.3. The number of aromatic hydroxyl groups is 1. The Balaban J connectivity index is 2.34. The summed E-state index contributed by atoms with van der Waals surface area (Å²) >= 11 is 0. The third-order valence-corrected chi connectivity index (χ3v) is 4.75. The largest absolute Gasteiger partial charge is 0.507 e. The topological polar surface area (TPSA) is 66.8 Å². The Hall–Kier alpha value is -1.11. The van der Waals surface area contributed by atoms with Gasteiger partial charge in [0.2, 0.25) is 10.0 Å². The molecule has 0 aliphatic carbocycles. The van der Waals surface area contributed by atoms with Crippen LogP contribution in [0.15, 0.2) is 29.2 Å². The van der Waals surface area contributed by atoms with Gasteiger partial charge in [-0.25, -0.2) is 8.42 Å². The van der Waals surface area contributed by atoms with E-state index in [0.29, 0.717) is 13.1 Å². The number of morpholine rings is 1. The second kappa shape index (κ2) is 4.87. The summed E-state index contributed by atoms with van der Waals surface area (Å²) in [5.74, 6) is -0.218. The van der Waals surface area contributed by atoms with Gasteiger partial charge >= 0.3 is 0 Å². The number of phenols is 1. The predicted molar refractivity (Wildman–Crippen MR) is 66.9 cm³/mol. The molecule has 0 bridgehead atoms. The van der Waals surface area contributed by atoms with E-state index in [1.165, 1.54) is 16.4 Å². The van der Waals surface area contributed by atoms with Gasteiger partial charge in [0.1, 0.15) is 10.6 Å². The van der Waals surface area contributed by atoms with Gasteiger partial charge < -0.3 is 9.84 Å². The smallest absolute Gasteiger partial charge is 0.246 e. The fourth-order valence-electron chi connectivity index (χ4n) is 2.14. The van der Waals surface area contributed by atoms with Crippen LogP contribution in [0.1, 0.15) is 13.8 Å². The standard InChI is InChI=1S/C12H17NO4S/c1-9-7-13(8-10(2)17-9)18(15,16)12-6-4-3-5-11(12)14/h3-6,9-10,14H,7-8H2,1-2H3/t9-,10+. The molecule has 0 saturated carbocycles. The van der Waals surface area contributed by atoms with Crippen LogP contribution in [0.3, 0.4) is 0 Å². The first kappa shape index (κ1) is 13.3. The lowest BCUT2D eigenvalue weighted by Gasteiger charge is -2.34. The number of sulfonamides is 1. The molecule has 1 aromatic rings. The normalized spacial score (nSPS) is 26.1. The Morgan fingerprint density at radius 2 is 1.78 bits per heavy atom. The SMILES string of the molecule is C[C@@H]1CN(S(=O)(=O)c2ccccc2O)C[C@H](C)O1. The Morgan fingerprint density at radius 1 is 1.22 bits per heavy atom. The van der Waals surface area contributed by atoms with E-state index < -0.39 is 10.0 Å². The number of hydrogen-bond donors (Lipinski definition) is 1. The highest BCUT2D eigenvalue weighted by Gasteiger charge is 2.33. The third-order valence-electron chi connectivity index (χ3n) is 2.87. The quantitative estimate of drug-likeness (QED) is 0.877. The molecule has 0 spiro atoms. The van der Waals surface area contributed by atoms with Gasteiger partial charge in [-0.1, -0.05) is 12.1 Å². The van der Waals surface area contributed by atoms with E-state index in [9.17, 15) is 13.5 Å². The van der Waals surface area contributed by atoms with Crippen molar-refractivity contribution in [3.05, 3.63) is 24.3 Å². The summed E-state index contributed by atoms with van der Waals surface area (Å²) in [5, 5.41) is 9.67. The number of para-hydroxylation sites is 1. The van der Waals surface area contributed by atoms with E-state index in [1.54, 1.807) is 12.1 Å². The number of phenolic OH excluding ortho intramolecular Hbond substituents is 1. The van der Waals surface area contributed by atoms with Crippen molar-refractivity contribution in [1.82, 2.24) is 4.31 Å². The molecule has 1 heterocycles. The first-order chi connectivity index (χ1) is 8.41. The Kier molecular flexibility index (Phi) is 3.61.